The highest BCUT2D eigenvalue weighted by atomic mass is 35.5. The third kappa shape index (κ3) is 4.41. The van der Waals surface area contributed by atoms with Crippen molar-refractivity contribution in [2.75, 3.05) is 37.6 Å². The summed E-state index contributed by atoms with van der Waals surface area (Å²) >= 11 is 6.12. The third-order valence-corrected chi connectivity index (χ3v) is 5.71. The lowest BCUT2D eigenvalue weighted by atomic mass is 9.97. The summed E-state index contributed by atoms with van der Waals surface area (Å²) < 4.78 is 0. The zero-order valence-electron chi connectivity index (χ0n) is 15.1. The van der Waals surface area contributed by atoms with Crippen LogP contribution in [0, 0.1) is 18.8 Å². The quantitative estimate of drug-likeness (QED) is 0.843. The zero-order valence-corrected chi connectivity index (χ0v) is 15.8. The molecule has 2 fully saturated rings. The van der Waals surface area contributed by atoms with Crippen molar-refractivity contribution in [2.45, 2.75) is 26.2 Å². The van der Waals surface area contributed by atoms with Crippen molar-refractivity contribution in [3.63, 3.8) is 0 Å². The van der Waals surface area contributed by atoms with Crippen LogP contribution in [0.5, 0.6) is 0 Å². The van der Waals surface area contributed by atoms with Gasteiger partial charge in [-0.1, -0.05) is 17.7 Å². The summed E-state index contributed by atoms with van der Waals surface area (Å²) in [4.78, 5) is 27.4. The average molecular weight is 380 g/mol. The van der Waals surface area contributed by atoms with Gasteiger partial charge in [0.2, 0.25) is 0 Å². The molecule has 0 radical (unpaired) electrons. The number of carbonyl (C=O) groups excluding carboxylic acids is 1. The first kappa shape index (κ1) is 18.8. The Morgan fingerprint density at radius 1 is 1.23 bits per heavy atom. The molecule has 1 atom stereocenters. The van der Waals surface area contributed by atoms with Crippen molar-refractivity contribution in [1.82, 2.24) is 10.2 Å². The van der Waals surface area contributed by atoms with Crippen LogP contribution >= 0.6 is 11.6 Å². The van der Waals surface area contributed by atoms with Gasteiger partial charge in [0.25, 0.3) is 0 Å². The Balaban J connectivity index is 1.45. The predicted molar refractivity (Wildman–Crippen MR) is 102 cm³/mol. The molecule has 2 aliphatic rings. The second kappa shape index (κ2) is 8.16. The van der Waals surface area contributed by atoms with Crippen LogP contribution in [-0.4, -0.2) is 54.7 Å². The smallest absolute Gasteiger partial charge is 0.317 e. The molecule has 26 heavy (non-hydrogen) atoms. The highest BCUT2D eigenvalue weighted by Gasteiger charge is 2.28. The summed E-state index contributed by atoms with van der Waals surface area (Å²) in [6.45, 7) is 5.63. The molecule has 1 aromatic carbocycles. The molecule has 7 heteroatoms. The minimum absolute atomic E-state index is 0.0776. The van der Waals surface area contributed by atoms with Crippen LogP contribution in [-0.2, 0) is 4.79 Å². The normalized spacial score (nSPS) is 21.1. The number of piperidine rings is 1. The molecule has 0 spiro atoms. The van der Waals surface area contributed by atoms with Crippen molar-refractivity contribution >= 4 is 29.3 Å². The van der Waals surface area contributed by atoms with E-state index in [9.17, 15) is 9.59 Å². The van der Waals surface area contributed by atoms with Crippen LogP contribution in [0.25, 0.3) is 0 Å². The molecule has 0 saturated carbocycles. The lowest BCUT2D eigenvalue weighted by molar-refractivity contribution is -0.143. The molecule has 6 nitrogen and oxygen atoms in total. The van der Waals surface area contributed by atoms with Crippen molar-refractivity contribution in [3.05, 3.63) is 28.8 Å². The van der Waals surface area contributed by atoms with Crippen LogP contribution in [0.15, 0.2) is 18.2 Å². The monoisotopic (exact) mass is 379 g/mol. The highest BCUT2D eigenvalue weighted by molar-refractivity contribution is 6.30. The van der Waals surface area contributed by atoms with Crippen molar-refractivity contribution in [2.24, 2.45) is 11.8 Å². The molecule has 1 unspecified atom stereocenters. The van der Waals surface area contributed by atoms with E-state index in [0.29, 0.717) is 38.4 Å². The van der Waals surface area contributed by atoms with E-state index in [1.54, 1.807) is 4.90 Å². The number of benzene rings is 1. The summed E-state index contributed by atoms with van der Waals surface area (Å²) in [6.07, 6.45) is 2.11. The number of aryl methyl sites for hydroxylation is 1. The fourth-order valence-electron chi connectivity index (χ4n) is 3.81. The Labute approximate surface area is 159 Å². The number of carbonyl (C=O) groups is 2. The highest BCUT2D eigenvalue weighted by Crippen LogP contribution is 2.29. The van der Waals surface area contributed by atoms with Gasteiger partial charge < -0.3 is 20.2 Å². The first-order valence-electron chi connectivity index (χ1n) is 9.20. The summed E-state index contributed by atoms with van der Waals surface area (Å²) in [5.74, 6) is -0.662. The van der Waals surface area contributed by atoms with Gasteiger partial charge in [-0.2, -0.15) is 0 Å². The number of carboxylic acids is 1. The summed E-state index contributed by atoms with van der Waals surface area (Å²) in [7, 11) is 0. The second-order valence-electron chi connectivity index (χ2n) is 7.32. The molecule has 0 bridgehead atoms. The average Bonchev–Trinajstić information content (AvgIpc) is 3.10. The van der Waals surface area contributed by atoms with E-state index in [2.05, 4.69) is 17.1 Å². The molecule has 0 aromatic heterocycles. The molecule has 1 aromatic rings. The lowest BCUT2D eigenvalue weighted by Gasteiger charge is -2.30. The van der Waals surface area contributed by atoms with Gasteiger partial charge in [0.1, 0.15) is 0 Å². The molecular formula is C19H26ClN3O3. The maximum Gasteiger partial charge on any atom is 0.317 e. The lowest BCUT2D eigenvalue weighted by Crippen LogP contribution is -2.46. The molecule has 3 rings (SSSR count). The van der Waals surface area contributed by atoms with Gasteiger partial charge >= 0.3 is 12.0 Å². The maximum atomic E-state index is 12.3. The molecule has 0 aliphatic carbocycles. The van der Waals surface area contributed by atoms with Gasteiger partial charge in [-0.3, -0.25) is 4.79 Å². The van der Waals surface area contributed by atoms with Gasteiger partial charge in [-0.15, -0.1) is 0 Å². The third-order valence-electron chi connectivity index (χ3n) is 5.47. The van der Waals surface area contributed by atoms with Crippen molar-refractivity contribution in [1.29, 1.82) is 0 Å². The zero-order chi connectivity index (χ0) is 18.7. The molecule has 2 heterocycles. The van der Waals surface area contributed by atoms with E-state index in [-0.39, 0.29) is 11.9 Å². The Bertz CT molecular complexity index is 674. The maximum absolute atomic E-state index is 12.3. The number of halogens is 1. The van der Waals surface area contributed by atoms with E-state index >= 15 is 0 Å². The molecule has 2 amide bonds. The van der Waals surface area contributed by atoms with Crippen molar-refractivity contribution in [3.8, 4) is 0 Å². The van der Waals surface area contributed by atoms with E-state index in [4.69, 9.17) is 16.7 Å². The first-order chi connectivity index (χ1) is 12.4. The van der Waals surface area contributed by atoms with E-state index < -0.39 is 5.97 Å². The standard InChI is InChI=1S/C19H26ClN3O3/c1-13-2-3-16(20)10-17(13)23-7-4-14(12-23)11-21-19(26)22-8-5-15(6-9-22)18(24)25/h2-3,10,14-15H,4-9,11-12H2,1H3,(H,21,26)(H,24,25). The minimum atomic E-state index is -0.757. The SMILES string of the molecule is Cc1ccc(Cl)cc1N1CCC(CNC(=O)N2CCC(C(=O)O)CC2)C1. The van der Waals surface area contributed by atoms with Gasteiger partial charge in [-0.05, 0) is 49.8 Å². The number of urea groups is 1. The Morgan fingerprint density at radius 2 is 1.96 bits per heavy atom. The van der Waals surface area contributed by atoms with Crippen LogP contribution < -0.4 is 10.2 Å². The molecular weight excluding hydrogens is 354 g/mol. The predicted octanol–water partition coefficient (Wildman–Crippen LogP) is 2.98. The first-order valence-corrected chi connectivity index (χ1v) is 9.58. The largest absolute Gasteiger partial charge is 0.481 e. The van der Waals surface area contributed by atoms with Gasteiger partial charge in [0, 0.05) is 43.4 Å². The van der Waals surface area contributed by atoms with Gasteiger partial charge in [-0.25, -0.2) is 4.79 Å². The molecule has 2 saturated heterocycles. The van der Waals surface area contributed by atoms with Crippen LogP contribution in [0.4, 0.5) is 10.5 Å². The number of anilines is 1. The molecule has 2 N–H and O–H groups in total. The summed E-state index contributed by atoms with van der Waals surface area (Å²) in [6, 6.07) is 5.87. The van der Waals surface area contributed by atoms with Gasteiger partial charge in [0.05, 0.1) is 5.92 Å². The topological polar surface area (TPSA) is 72.9 Å². The van der Waals surface area contributed by atoms with E-state index in [1.165, 1.54) is 11.3 Å². The number of amides is 2. The number of likely N-dealkylation sites (tertiary alicyclic amines) is 1. The summed E-state index contributed by atoms with van der Waals surface area (Å²) in [5, 5.41) is 12.8. The van der Waals surface area contributed by atoms with Crippen LogP contribution in [0.2, 0.25) is 5.02 Å². The van der Waals surface area contributed by atoms with Gasteiger partial charge in [0.15, 0.2) is 0 Å². The number of hydrogen-bond acceptors (Lipinski definition) is 3. The Hall–Kier alpha value is -1.95. The van der Waals surface area contributed by atoms with Crippen LogP contribution in [0.1, 0.15) is 24.8 Å². The minimum Gasteiger partial charge on any atom is -0.481 e. The van der Waals surface area contributed by atoms with Crippen LogP contribution in [0.3, 0.4) is 0 Å². The number of hydrogen-bond donors (Lipinski definition) is 2. The van der Waals surface area contributed by atoms with E-state index in [1.807, 2.05) is 18.2 Å². The Kier molecular flexibility index (Phi) is 5.91. The van der Waals surface area contributed by atoms with E-state index in [0.717, 1.165) is 24.5 Å². The second-order valence-corrected chi connectivity index (χ2v) is 7.75. The number of nitrogens with one attached hydrogen (secondary N) is 1. The fourth-order valence-corrected chi connectivity index (χ4v) is 3.98. The fraction of sp³-hybridized carbons (Fsp3) is 0.579. The number of rotatable bonds is 4. The summed E-state index contributed by atoms with van der Waals surface area (Å²) in [5.41, 5.74) is 2.38. The molecule has 2 aliphatic heterocycles. The van der Waals surface area contributed by atoms with Crippen molar-refractivity contribution < 1.29 is 14.7 Å². The number of nitrogens with zero attached hydrogens (tertiary/aromatic N) is 2. The number of carboxylic acid groups (broad SMARTS) is 1. The number of aliphatic carboxylic acids is 1. The Morgan fingerprint density at radius 3 is 2.65 bits per heavy atom. The molecule has 142 valence electrons.